The minimum Gasteiger partial charge on any atom is -0.456 e. The van der Waals surface area contributed by atoms with E-state index in [1.165, 1.54) is 58.9 Å². The Morgan fingerprint density at radius 2 is 1.02 bits per heavy atom. The van der Waals surface area contributed by atoms with Gasteiger partial charge in [-0.3, -0.25) is 0 Å². The van der Waals surface area contributed by atoms with Crippen molar-refractivity contribution in [1.82, 2.24) is 0 Å². The Morgan fingerprint density at radius 1 is 0.436 bits per heavy atom. The molecular formula is C52H37NOS. The molecule has 0 fully saturated rings. The van der Waals surface area contributed by atoms with Crippen LogP contribution in [0.4, 0.5) is 17.1 Å². The number of hydrogen-bond acceptors (Lipinski definition) is 3. The first-order chi connectivity index (χ1) is 27.0. The molecule has 2 aromatic heterocycles. The zero-order chi connectivity index (χ0) is 36.7. The first-order valence-corrected chi connectivity index (χ1v) is 19.8. The topological polar surface area (TPSA) is 16.4 Å². The van der Waals surface area contributed by atoms with E-state index < -0.39 is 5.41 Å². The van der Waals surface area contributed by atoms with Crippen LogP contribution in [0.5, 0.6) is 0 Å². The van der Waals surface area contributed by atoms with Crippen molar-refractivity contribution in [2.75, 3.05) is 4.90 Å². The Kier molecular flexibility index (Phi) is 7.02. The van der Waals surface area contributed by atoms with Crippen LogP contribution in [0.1, 0.15) is 36.1 Å². The summed E-state index contributed by atoms with van der Waals surface area (Å²) in [5, 5.41) is 4.93. The van der Waals surface area contributed by atoms with E-state index >= 15 is 0 Å². The highest BCUT2D eigenvalue weighted by Gasteiger charge is 2.55. The quantitative estimate of drug-likeness (QED) is 0.176. The Morgan fingerprint density at radius 3 is 1.84 bits per heavy atom. The summed E-state index contributed by atoms with van der Waals surface area (Å²) in [5.74, 6) is 0. The van der Waals surface area contributed by atoms with Gasteiger partial charge in [0, 0.05) is 53.4 Å². The van der Waals surface area contributed by atoms with E-state index in [1.54, 1.807) is 0 Å². The van der Waals surface area contributed by atoms with Crippen molar-refractivity contribution >= 4 is 70.5 Å². The van der Waals surface area contributed by atoms with Gasteiger partial charge in [-0.1, -0.05) is 147 Å². The minimum atomic E-state index is -0.573. The average molecular weight is 724 g/mol. The summed E-state index contributed by atoms with van der Waals surface area (Å²) in [6.45, 7) is 4.88. The number of anilines is 3. The molecule has 0 spiro atoms. The van der Waals surface area contributed by atoms with Gasteiger partial charge in [0.2, 0.25) is 0 Å². The van der Waals surface area contributed by atoms with E-state index in [2.05, 4.69) is 207 Å². The van der Waals surface area contributed by atoms with Crippen LogP contribution in [0, 0.1) is 0 Å². The van der Waals surface area contributed by atoms with Crippen LogP contribution in [0.3, 0.4) is 0 Å². The number of benzene rings is 8. The molecule has 55 heavy (non-hydrogen) atoms. The summed E-state index contributed by atoms with van der Waals surface area (Å²) in [6.07, 6.45) is 0. The van der Waals surface area contributed by atoms with Crippen LogP contribution in [-0.2, 0) is 10.8 Å². The maximum atomic E-state index is 6.58. The molecule has 3 heteroatoms. The lowest BCUT2D eigenvalue weighted by Gasteiger charge is -2.53. The average Bonchev–Trinajstić information content (AvgIpc) is 3.80. The molecule has 10 aromatic rings. The van der Waals surface area contributed by atoms with Crippen molar-refractivity contribution in [3.05, 3.63) is 210 Å². The lowest BCUT2D eigenvalue weighted by Crippen LogP contribution is -2.50. The molecule has 0 bridgehead atoms. The van der Waals surface area contributed by atoms with E-state index in [0.29, 0.717) is 0 Å². The van der Waals surface area contributed by atoms with Crippen molar-refractivity contribution in [3.63, 3.8) is 0 Å². The molecule has 1 atom stereocenters. The summed E-state index contributed by atoms with van der Waals surface area (Å²) in [5.41, 5.74) is 12.0. The maximum Gasteiger partial charge on any atom is 0.135 e. The number of furan rings is 1. The van der Waals surface area contributed by atoms with Gasteiger partial charge in [0.25, 0.3) is 0 Å². The zero-order valence-electron chi connectivity index (χ0n) is 30.7. The van der Waals surface area contributed by atoms with Crippen molar-refractivity contribution in [2.24, 2.45) is 0 Å². The zero-order valence-corrected chi connectivity index (χ0v) is 31.5. The van der Waals surface area contributed by atoms with Gasteiger partial charge in [-0.15, -0.1) is 11.3 Å². The Balaban J connectivity index is 1.17. The van der Waals surface area contributed by atoms with Gasteiger partial charge in [-0.2, -0.15) is 0 Å². The molecular weight excluding hydrogens is 687 g/mol. The van der Waals surface area contributed by atoms with E-state index in [-0.39, 0.29) is 5.41 Å². The lowest BCUT2D eigenvalue weighted by atomic mass is 9.48. The van der Waals surface area contributed by atoms with Crippen LogP contribution in [-0.4, -0.2) is 0 Å². The predicted octanol–water partition coefficient (Wildman–Crippen LogP) is 14.7. The van der Waals surface area contributed by atoms with Gasteiger partial charge in [0.1, 0.15) is 11.2 Å². The van der Waals surface area contributed by atoms with Crippen LogP contribution >= 0.6 is 11.3 Å². The van der Waals surface area contributed by atoms with Crippen molar-refractivity contribution in [2.45, 2.75) is 24.7 Å². The Labute approximate surface area is 324 Å². The van der Waals surface area contributed by atoms with Gasteiger partial charge in [-0.25, -0.2) is 0 Å². The van der Waals surface area contributed by atoms with Gasteiger partial charge >= 0.3 is 0 Å². The first-order valence-electron chi connectivity index (χ1n) is 19.0. The lowest BCUT2D eigenvalue weighted by molar-refractivity contribution is 0.355. The molecule has 1 aliphatic carbocycles. The van der Waals surface area contributed by atoms with Gasteiger partial charge in [0.05, 0.1) is 5.41 Å². The Hall–Kier alpha value is -6.42. The van der Waals surface area contributed by atoms with Crippen molar-refractivity contribution < 1.29 is 4.42 Å². The van der Waals surface area contributed by atoms with E-state index in [1.807, 2.05) is 11.3 Å². The fraction of sp³-hybridized carbons (Fsp3) is 0.0769. The molecule has 1 unspecified atom stereocenters. The van der Waals surface area contributed by atoms with Crippen LogP contribution in [0.2, 0.25) is 0 Å². The van der Waals surface area contributed by atoms with Crippen molar-refractivity contribution in [3.8, 4) is 11.1 Å². The molecule has 11 rings (SSSR count). The number of thiophene rings is 1. The normalized spacial score (nSPS) is 16.0. The SMILES string of the molecule is CC1(C)c2ccccc2-c2ccccc2C1(c1ccc(N(c2ccccc2)c2ccc3c(c2)sc2ccccc23)cc1)c1cccc2oc3ccccc3c12. The van der Waals surface area contributed by atoms with Crippen LogP contribution in [0.15, 0.2) is 192 Å². The summed E-state index contributed by atoms with van der Waals surface area (Å²) in [4.78, 5) is 2.39. The third kappa shape index (κ3) is 4.54. The largest absolute Gasteiger partial charge is 0.456 e. The molecule has 262 valence electrons. The molecule has 0 aliphatic heterocycles. The summed E-state index contributed by atoms with van der Waals surface area (Å²) in [7, 11) is 0. The van der Waals surface area contributed by atoms with E-state index in [0.717, 1.165) is 33.6 Å². The number of fused-ring (bicyclic) bond motifs is 9. The van der Waals surface area contributed by atoms with Gasteiger partial charge in [-0.05, 0) is 88.0 Å². The van der Waals surface area contributed by atoms with Crippen molar-refractivity contribution in [1.29, 1.82) is 0 Å². The third-order valence-corrected chi connectivity index (χ3v) is 13.3. The summed E-state index contributed by atoms with van der Waals surface area (Å²) < 4.78 is 9.18. The molecule has 2 nitrogen and oxygen atoms in total. The maximum absolute atomic E-state index is 6.58. The van der Waals surface area contributed by atoms with Crippen LogP contribution in [0.25, 0.3) is 53.2 Å². The van der Waals surface area contributed by atoms with E-state index in [9.17, 15) is 0 Å². The van der Waals surface area contributed by atoms with E-state index in [4.69, 9.17) is 4.42 Å². The number of rotatable bonds is 5. The Bertz CT molecular complexity index is 3080. The molecule has 0 saturated carbocycles. The molecule has 1 aliphatic rings. The molecule has 0 saturated heterocycles. The number of hydrogen-bond donors (Lipinski definition) is 0. The van der Waals surface area contributed by atoms with Crippen LogP contribution < -0.4 is 4.90 Å². The fourth-order valence-electron chi connectivity index (χ4n) is 9.83. The second-order valence-corrected chi connectivity index (χ2v) is 16.3. The standard InChI is InChI=1S/C52H37NOS/c1-51(2)43-21-10-6-17-38(43)39-18-7-11-22-44(39)52(51,45-23-14-25-47-50(45)42-20-8-12-24-46(42)54-47)34-27-29-36(30-28-34)53(35-15-4-3-5-16-35)37-31-32-41-40-19-9-13-26-48(40)55-49(41)33-37/h3-33H,1-2H3. The minimum absolute atomic E-state index is 0.364. The smallest absolute Gasteiger partial charge is 0.135 e. The highest BCUT2D eigenvalue weighted by Crippen LogP contribution is 2.61. The molecule has 0 N–H and O–H groups in total. The summed E-state index contributed by atoms with van der Waals surface area (Å²) >= 11 is 1.86. The van der Waals surface area contributed by atoms with Gasteiger partial charge < -0.3 is 9.32 Å². The third-order valence-electron chi connectivity index (χ3n) is 12.2. The predicted molar refractivity (Wildman–Crippen MR) is 233 cm³/mol. The molecule has 8 aromatic carbocycles. The fourth-order valence-corrected chi connectivity index (χ4v) is 11.0. The van der Waals surface area contributed by atoms with Gasteiger partial charge in [0.15, 0.2) is 0 Å². The monoisotopic (exact) mass is 723 g/mol. The number of nitrogens with zero attached hydrogens (tertiary/aromatic N) is 1. The number of para-hydroxylation sites is 2. The highest BCUT2D eigenvalue weighted by molar-refractivity contribution is 7.25. The molecule has 2 heterocycles. The molecule has 0 radical (unpaired) electrons. The second kappa shape index (κ2) is 12.0. The highest BCUT2D eigenvalue weighted by atomic mass is 32.1. The second-order valence-electron chi connectivity index (χ2n) is 15.2. The molecule has 0 amide bonds. The first kappa shape index (κ1) is 32.0. The summed E-state index contributed by atoms with van der Waals surface area (Å²) in [6, 6.07) is 69.0.